The predicted molar refractivity (Wildman–Crippen MR) is 66.6 cm³/mol. The van der Waals surface area contributed by atoms with Gasteiger partial charge in [0, 0.05) is 5.38 Å². The van der Waals surface area contributed by atoms with Crippen molar-refractivity contribution in [2.45, 2.75) is 6.92 Å². The van der Waals surface area contributed by atoms with Crippen molar-refractivity contribution in [1.82, 2.24) is 10.3 Å². The maximum atomic E-state index is 11.6. The molecule has 1 rings (SSSR count). The maximum absolute atomic E-state index is 11.6. The number of nitrogens with zero attached hydrogens (tertiary/aromatic N) is 2. The number of hydrogen-bond donors (Lipinski definition) is 3. The van der Waals surface area contributed by atoms with Crippen LogP contribution in [-0.4, -0.2) is 36.0 Å². The van der Waals surface area contributed by atoms with E-state index in [1.165, 1.54) is 5.38 Å². The number of esters is 1. The second-order valence-corrected chi connectivity index (χ2v) is 3.88. The van der Waals surface area contributed by atoms with E-state index < -0.39 is 11.9 Å². The fourth-order valence-electron chi connectivity index (χ4n) is 0.985. The number of carbonyl (C=O) groups is 2. The largest absolute Gasteiger partial charge is 0.465 e. The van der Waals surface area contributed by atoms with Gasteiger partial charge < -0.3 is 21.5 Å². The van der Waals surface area contributed by atoms with Crippen LogP contribution in [0.1, 0.15) is 17.4 Å². The van der Waals surface area contributed by atoms with E-state index in [0.717, 1.165) is 11.3 Å². The average molecular weight is 271 g/mol. The molecule has 0 saturated carbocycles. The van der Waals surface area contributed by atoms with Gasteiger partial charge in [-0.15, -0.1) is 11.3 Å². The number of ether oxygens (including phenoxy) is 1. The highest BCUT2D eigenvalue weighted by Crippen LogP contribution is 2.18. The van der Waals surface area contributed by atoms with Gasteiger partial charge in [-0.2, -0.15) is 4.99 Å². The Kier molecular flexibility index (Phi) is 5.06. The van der Waals surface area contributed by atoms with E-state index in [9.17, 15) is 9.59 Å². The number of nitrogens with one attached hydrogen (secondary N) is 1. The number of nitrogens with two attached hydrogens (primary N) is 2. The average Bonchev–Trinajstić information content (AvgIpc) is 2.74. The Morgan fingerprint density at radius 1 is 1.56 bits per heavy atom. The van der Waals surface area contributed by atoms with Crippen LogP contribution in [0.3, 0.4) is 0 Å². The van der Waals surface area contributed by atoms with E-state index >= 15 is 0 Å². The SMILES string of the molecule is CCOC(=O)CNC(=O)c1csc(N=C(N)N)n1. The molecule has 0 unspecified atom stereocenters. The van der Waals surface area contributed by atoms with Crippen molar-refractivity contribution >= 4 is 34.3 Å². The van der Waals surface area contributed by atoms with Crippen LogP contribution in [0.15, 0.2) is 10.4 Å². The third kappa shape index (κ3) is 4.37. The van der Waals surface area contributed by atoms with Crippen LogP contribution >= 0.6 is 11.3 Å². The van der Waals surface area contributed by atoms with Gasteiger partial charge in [0.2, 0.25) is 5.13 Å². The standard InChI is InChI=1S/C9H13N5O3S/c1-2-17-6(15)3-12-7(16)5-4-18-9(13-5)14-8(10)11/h4H,2-3H2,1H3,(H,12,16)(H4,10,11,13,14). The van der Waals surface area contributed by atoms with Gasteiger partial charge in [-0.1, -0.05) is 0 Å². The van der Waals surface area contributed by atoms with Crippen LogP contribution in [0.2, 0.25) is 0 Å². The molecule has 8 nitrogen and oxygen atoms in total. The molecule has 0 bridgehead atoms. The van der Waals surface area contributed by atoms with Crippen LogP contribution in [0, 0.1) is 0 Å². The topological polar surface area (TPSA) is 133 Å². The minimum absolute atomic E-state index is 0.136. The summed E-state index contributed by atoms with van der Waals surface area (Å²) in [5.41, 5.74) is 10.5. The normalized spacial score (nSPS) is 9.61. The van der Waals surface area contributed by atoms with Crippen molar-refractivity contribution in [2.75, 3.05) is 13.2 Å². The lowest BCUT2D eigenvalue weighted by Crippen LogP contribution is -2.30. The molecular formula is C9H13N5O3S. The number of aromatic nitrogens is 1. The molecule has 0 radical (unpaired) electrons. The number of aliphatic imine (C=N–C) groups is 1. The molecule has 0 aliphatic rings. The molecule has 5 N–H and O–H groups in total. The summed E-state index contributed by atoms with van der Waals surface area (Å²) in [5, 5.41) is 4.13. The highest BCUT2D eigenvalue weighted by atomic mass is 32.1. The minimum atomic E-state index is -0.509. The van der Waals surface area contributed by atoms with Crippen molar-refractivity contribution in [3.05, 3.63) is 11.1 Å². The first-order chi connectivity index (χ1) is 8.52. The molecule has 0 fully saturated rings. The predicted octanol–water partition coefficient (Wildman–Crippen LogP) is -0.659. The molecule has 1 amide bonds. The van der Waals surface area contributed by atoms with Gasteiger partial charge in [0.25, 0.3) is 5.91 Å². The third-order valence-corrected chi connectivity index (χ3v) is 2.38. The Labute approximate surface area is 107 Å². The molecule has 0 aliphatic heterocycles. The molecule has 1 heterocycles. The summed E-state index contributed by atoms with van der Waals surface area (Å²) in [6.07, 6.45) is 0. The first kappa shape index (κ1) is 13.9. The Hall–Kier alpha value is -2.16. The number of rotatable bonds is 5. The zero-order chi connectivity index (χ0) is 13.5. The minimum Gasteiger partial charge on any atom is -0.465 e. The summed E-state index contributed by atoms with van der Waals surface area (Å²) in [7, 11) is 0. The van der Waals surface area contributed by atoms with Gasteiger partial charge in [-0.05, 0) is 6.92 Å². The number of thiazole rings is 1. The second kappa shape index (κ2) is 6.55. The van der Waals surface area contributed by atoms with Crippen molar-refractivity contribution in [2.24, 2.45) is 16.5 Å². The number of carbonyl (C=O) groups excluding carboxylic acids is 2. The third-order valence-electron chi connectivity index (χ3n) is 1.65. The summed E-state index contributed by atoms with van der Waals surface area (Å²) < 4.78 is 4.66. The highest BCUT2D eigenvalue weighted by Gasteiger charge is 2.12. The van der Waals surface area contributed by atoms with Crippen LogP contribution in [0.4, 0.5) is 5.13 Å². The van der Waals surface area contributed by atoms with Gasteiger partial charge in [0.05, 0.1) is 6.61 Å². The summed E-state index contributed by atoms with van der Waals surface area (Å²) in [6, 6.07) is 0. The quantitative estimate of drug-likeness (QED) is 0.370. The lowest BCUT2D eigenvalue weighted by atomic mass is 10.4. The van der Waals surface area contributed by atoms with Gasteiger partial charge in [0.1, 0.15) is 12.2 Å². The van der Waals surface area contributed by atoms with E-state index in [-0.39, 0.29) is 29.9 Å². The zero-order valence-corrected chi connectivity index (χ0v) is 10.5. The monoisotopic (exact) mass is 271 g/mol. The van der Waals surface area contributed by atoms with Gasteiger partial charge in [0.15, 0.2) is 5.96 Å². The van der Waals surface area contributed by atoms with Gasteiger partial charge >= 0.3 is 5.97 Å². The Morgan fingerprint density at radius 3 is 2.89 bits per heavy atom. The molecule has 0 aromatic carbocycles. The van der Waals surface area contributed by atoms with Crippen LogP contribution in [0.5, 0.6) is 0 Å². The number of amides is 1. The second-order valence-electron chi connectivity index (χ2n) is 3.04. The maximum Gasteiger partial charge on any atom is 0.325 e. The number of hydrogen-bond acceptors (Lipinski definition) is 6. The van der Waals surface area contributed by atoms with E-state index in [2.05, 4.69) is 20.0 Å². The van der Waals surface area contributed by atoms with E-state index in [4.69, 9.17) is 11.5 Å². The van der Waals surface area contributed by atoms with E-state index in [1.807, 2.05) is 0 Å². The fourth-order valence-corrected chi connectivity index (χ4v) is 1.67. The first-order valence-electron chi connectivity index (χ1n) is 5.02. The summed E-state index contributed by atoms with van der Waals surface area (Å²) >= 11 is 1.12. The summed E-state index contributed by atoms with van der Waals surface area (Å²) in [4.78, 5) is 30.2. The van der Waals surface area contributed by atoms with E-state index in [0.29, 0.717) is 0 Å². The lowest BCUT2D eigenvalue weighted by Gasteiger charge is -2.02. The molecule has 0 spiro atoms. The summed E-state index contributed by atoms with van der Waals surface area (Å²) in [5.74, 6) is -1.13. The lowest BCUT2D eigenvalue weighted by molar-refractivity contribution is -0.141. The van der Waals surface area contributed by atoms with Crippen molar-refractivity contribution in [3.63, 3.8) is 0 Å². The van der Waals surface area contributed by atoms with E-state index in [1.54, 1.807) is 6.92 Å². The fraction of sp³-hybridized carbons (Fsp3) is 0.333. The Bertz CT molecular complexity index is 467. The van der Waals surface area contributed by atoms with Gasteiger partial charge in [-0.25, -0.2) is 4.98 Å². The van der Waals surface area contributed by atoms with Crippen molar-refractivity contribution < 1.29 is 14.3 Å². The smallest absolute Gasteiger partial charge is 0.325 e. The molecule has 98 valence electrons. The molecule has 1 aromatic heterocycles. The zero-order valence-electron chi connectivity index (χ0n) is 9.67. The Balaban J connectivity index is 2.54. The van der Waals surface area contributed by atoms with Crippen molar-refractivity contribution in [1.29, 1.82) is 0 Å². The molecule has 0 saturated heterocycles. The molecule has 0 atom stereocenters. The van der Waals surface area contributed by atoms with Crippen LogP contribution in [-0.2, 0) is 9.53 Å². The molecular weight excluding hydrogens is 258 g/mol. The first-order valence-corrected chi connectivity index (χ1v) is 5.90. The van der Waals surface area contributed by atoms with Crippen molar-refractivity contribution in [3.8, 4) is 0 Å². The summed E-state index contributed by atoms with van der Waals surface area (Å²) in [6.45, 7) is 1.74. The highest BCUT2D eigenvalue weighted by molar-refractivity contribution is 7.13. The number of guanidine groups is 1. The molecule has 0 aliphatic carbocycles. The Morgan fingerprint density at radius 2 is 2.28 bits per heavy atom. The van der Waals surface area contributed by atoms with Gasteiger partial charge in [-0.3, -0.25) is 9.59 Å². The molecule has 1 aromatic rings. The van der Waals surface area contributed by atoms with Crippen LogP contribution < -0.4 is 16.8 Å². The molecule has 18 heavy (non-hydrogen) atoms. The van der Waals surface area contributed by atoms with Crippen LogP contribution in [0.25, 0.3) is 0 Å². The molecule has 9 heteroatoms.